The molecule has 2 nitrogen and oxygen atoms in total. The number of thioether (sulfide) groups is 1. The fourth-order valence-electron chi connectivity index (χ4n) is 0.149. The van der Waals surface area contributed by atoms with E-state index in [0.717, 1.165) is 0 Å². The van der Waals surface area contributed by atoms with E-state index in [1.165, 1.54) is 11.8 Å². The SMILES string of the molecule is CN=CSC=NC. The van der Waals surface area contributed by atoms with Crippen LogP contribution in [-0.2, 0) is 0 Å². The lowest BCUT2D eigenvalue weighted by atomic mass is 11.4. The summed E-state index contributed by atoms with van der Waals surface area (Å²) < 4.78 is 0. The molecule has 0 rings (SSSR count). The fraction of sp³-hybridized carbons (Fsp3) is 0.500. The molecule has 0 aromatic carbocycles. The smallest absolute Gasteiger partial charge is 0.0594 e. The zero-order valence-electron chi connectivity index (χ0n) is 4.46. The van der Waals surface area contributed by atoms with Crippen LogP contribution in [0.4, 0.5) is 0 Å². The molecule has 0 aromatic rings. The number of aliphatic imine (C=N–C) groups is 2. The number of hydrogen-bond donors (Lipinski definition) is 0. The van der Waals surface area contributed by atoms with Gasteiger partial charge in [-0.3, -0.25) is 9.98 Å². The summed E-state index contributed by atoms with van der Waals surface area (Å²) in [5.41, 5.74) is 3.46. The van der Waals surface area contributed by atoms with Crippen LogP contribution in [0.1, 0.15) is 0 Å². The Labute approximate surface area is 47.7 Å². The van der Waals surface area contributed by atoms with E-state index in [9.17, 15) is 0 Å². The van der Waals surface area contributed by atoms with Gasteiger partial charge in [0.2, 0.25) is 0 Å². The van der Waals surface area contributed by atoms with E-state index in [4.69, 9.17) is 0 Å². The van der Waals surface area contributed by atoms with Gasteiger partial charge in [0.1, 0.15) is 0 Å². The zero-order chi connectivity index (χ0) is 5.54. The first kappa shape index (κ1) is 6.69. The lowest BCUT2D eigenvalue weighted by Gasteiger charge is -1.72. The Morgan fingerprint density at radius 3 is 1.86 bits per heavy atom. The van der Waals surface area contributed by atoms with Gasteiger partial charge in [0.05, 0.1) is 11.1 Å². The summed E-state index contributed by atoms with van der Waals surface area (Å²) >= 11 is 1.47. The van der Waals surface area contributed by atoms with E-state index >= 15 is 0 Å². The highest BCUT2D eigenvalue weighted by molar-refractivity contribution is 8.23. The molecule has 0 N–H and O–H groups in total. The van der Waals surface area contributed by atoms with Gasteiger partial charge in [-0.15, -0.1) is 0 Å². The molecule has 0 heterocycles. The Hall–Kier alpha value is -0.310. The summed E-state index contributed by atoms with van der Waals surface area (Å²) in [6.45, 7) is 0. The van der Waals surface area contributed by atoms with E-state index in [1.807, 2.05) is 0 Å². The number of nitrogens with zero attached hydrogens (tertiary/aromatic N) is 2. The lowest BCUT2D eigenvalue weighted by molar-refractivity contribution is 1.48. The topological polar surface area (TPSA) is 24.7 Å². The van der Waals surface area contributed by atoms with Crippen LogP contribution >= 0.6 is 11.8 Å². The van der Waals surface area contributed by atoms with Gasteiger partial charge in [-0.25, -0.2) is 0 Å². The first-order valence-corrected chi connectivity index (χ1v) is 2.83. The second-order valence-electron chi connectivity index (χ2n) is 0.863. The van der Waals surface area contributed by atoms with E-state index in [0.29, 0.717) is 0 Å². The van der Waals surface area contributed by atoms with Crippen LogP contribution in [0.15, 0.2) is 9.98 Å². The molecule has 0 spiro atoms. The van der Waals surface area contributed by atoms with Gasteiger partial charge in [-0.05, 0) is 0 Å². The van der Waals surface area contributed by atoms with Gasteiger partial charge in [0.15, 0.2) is 0 Å². The highest BCUT2D eigenvalue weighted by Gasteiger charge is 1.63. The molecule has 0 aliphatic rings. The van der Waals surface area contributed by atoms with Crippen molar-refractivity contribution in [2.24, 2.45) is 9.98 Å². The average Bonchev–Trinajstić information content (AvgIpc) is 1.69. The summed E-state index contributed by atoms with van der Waals surface area (Å²) in [6.07, 6.45) is 0. The molecular weight excluding hydrogens is 108 g/mol. The van der Waals surface area contributed by atoms with Crippen molar-refractivity contribution in [3.05, 3.63) is 0 Å². The van der Waals surface area contributed by atoms with Crippen molar-refractivity contribution < 1.29 is 0 Å². The summed E-state index contributed by atoms with van der Waals surface area (Å²) in [5, 5.41) is 0. The molecule has 0 fully saturated rings. The van der Waals surface area contributed by atoms with Crippen molar-refractivity contribution in [1.29, 1.82) is 0 Å². The van der Waals surface area contributed by atoms with Crippen LogP contribution in [0.3, 0.4) is 0 Å². The average molecular weight is 116 g/mol. The Kier molecular flexibility index (Phi) is 5.44. The van der Waals surface area contributed by atoms with E-state index in [1.54, 1.807) is 25.2 Å². The minimum Gasteiger partial charge on any atom is -0.289 e. The van der Waals surface area contributed by atoms with Crippen LogP contribution in [-0.4, -0.2) is 25.2 Å². The maximum Gasteiger partial charge on any atom is 0.0594 e. The molecule has 0 radical (unpaired) electrons. The molecule has 0 amide bonds. The van der Waals surface area contributed by atoms with Gasteiger partial charge in [-0.1, -0.05) is 11.8 Å². The molecule has 0 unspecified atom stereocenters. The van der Waals surface area contributed by atoms with Crippen molar-refractivity contribution in [2.45, 2.75) is 0 Å². The maximum atomic E-state index is 3.72. The quantitative estimate of drug-likeness (QED) is 0.391. The second kappa shape index (κ2) is 5.69. The van der Waals surface area contributed by atoms with Crippen LogP contribution in [0.2, 0.25) is 0 Å². The lowest BCUT2D eigenvalue weighted by Crippen LogP contribution is -1.62. The molecule has 0 saturated heterocycles. The summed E-state index contributed by atoms with van der Waals surface area (Å²) in [5.74, 6) is 0. The molecule has 0 atom stereocenters. The third-order valence-electron chi connectivity index (χ3n) is 0.333. The number of hydrogen-bond acceptors (Lipinski definition) is 3. The van der Waals surface area contributed by atoms with E-state index in [-0.39, 0.29) is 0 Å². The molecular formula is C4H8N2S. The highest BCUT2D eigenvalue weighted by atomic mass is 32.2. The molecule has 40 valence electrons. The van der Waals surface area contributed by atoms with E-state index in [2.05, 4.69) is 9.98 Å². The fourth-order valence-corrected chi connectivity index (χ4v) is 0.447. The summed E-state index contributed by atoms with van der Waals surface area (Å²) in [6, 6.07) is 0. The molecule has 0 aromatic heterocycles. The Bertz CT molecular complexity index is 67.8. The van der Waals surface area contributed by atoms with Crippen molar-refractivity contribution >= 4 is 22.9 Å². The van der Waals surface area contributed by atoms with Crippen LogP contribution in [0, 0.1) is 0 Å². The first-order chi connectivity index (χ1) is 3.41. The monoisotopic (exact) mass is 116 g/mol. The largest absolute Gasteiger partial charge is 0.289 e. The van der Waals surface area contributed by atoms with E-state index < -0.39 is 0 Å². The summed E-state index contributed by atoms with van der Waals surface area (Å²) in [4.78, 5) is 7.44. The van der Waals surface area contributed by atoms with Crippen molar-refractivity contribution in [3.63, 3.8) is 0 Å². The minimum absolute atomic E-state index is 1.47. The van der Waals surface area contributed by atoms with Gasteiger partial charge in [-0.2, -0.15) is 0 Å². The molecule has 0 saturated carbocycles. The van der Waals surface area contributed by atoms with Crippen molar-refractivity contribution in [2.75, 3.05) is 14.1 Å². The van der Waals surface area contributed by atoms with Crippen LogP contribution in [0.5, 0.6) is 0 Å². The number of rotatable bonds is 2. The van der Waals surface area contributed by atoms with Crippen molar-refractivity contribution in [1.82, 2.24) is 0 Å². The Morgan fingerprint density at radius 2 is 1.57 bits per heavy atom. The van der Waals surface area contributed by atoms with Gasteiger partial charge >= 0.3 is 0 Å². The van der Waals surface area contributed by atoms with Crippen LogP contribution in [0.25, 0.3) is 0 Å². The third-order valence-corrected chi connectivity index (χ3v) is 0.998. The molecule has 7 heavy (non-hydrogen) atoms. The maximum absolute atomic E-state index is 3.72. The summed E-state index contributed by atoms with van der Waals surface area (Å²) in [7, 11) is 3.47. The zero-order valence-corrected chi connectivity index (χ0v) is 5.27. The standard InChI is InChI=1S/C4H8N2S/c1-5-3-7-4-6-2/h3-4H,1-2H3. The molecule has 0 bridgehead atoms. The van der Waals surface area contributed by atoms with Gasteiger partial charge < -0.3 is 0 Å². The minimum atomic E-state index is 1.47. The van der Waals surface area contributed by atoms with Gasteiger partial charge in [0, 0.05) is 14.1 Å². The highest BCUT2D eigenvalue weighted by Crippen LogP contribution is 1.84. The predicted octanol–water partition coefficient (Wildman–Crippen LogP) is 1.04. The van der Waals surface area contributed by atoms with Gasteiger partial charge in [0.25, 0.3) is 0 Å². The molecule has 0 aliphatic carbocycles. The normalized spacial score (nSPS) is 11.7. The molecule has 0 aliphatic heterocycles. The second-order valence-corrected chi connectivity index (χ2v) is 1.56. The predicted molar refractivity (Wildman–Crippen MR) is 36.4 cm³/mol. The third kappa shape index (κ3) is 5.69. The molecule has 3 heteroatoms. The first-order valence-electron chi connectivity index (χ1n) is 1.88. The Balaban J connectivity index is 2.98. The van der Waals surface area contributed by atoms with Crippen LogP contribution < -0.4 is 0 Å². The Morgan fingerprint density at radius 1 is 1.14 bits per heavy atom. The van der Waals surface area contributed by atoms with Crippen molar-refractivity contribution in [3.8, 4) is 0 Å².